The molecule has 20 aliphatic rings. The topological polar surface area (TPSA) is 203 Å². The second kappa shape index (κ2) is 48.3. The lowest BCUT2D eigenvalue weighted by Gasteiger charge is -2.20. The summed E-state index contributed by atoms with van der Waals surface area (Å²) in [6.45, 7) is 1.81. The first-order valence-corrected chi connectivity index (χ1v) is 49.7. The van der Waals surface area contributed by atoms with E-state index in [0.717, 1.165) is 179 Å². The van der Waals surface area contributed by atoms with Gasteiger partial charge in [-0.2, -0.15) is 0 Å². The summed E-state index contributed by atoms with van der Waals surface area (Å²) in [6.07, 6.45) is 16.2. The fraction of sp³-hybridized carbons (Fsp3) is 0.286. The zero-order chi connectivity index (χ0) is 103. The number of methoxy groups -OCH3 is 18. The maximum Gasteiger partial charge on any atom is 0.123 e. The van der Waals surface area contributed by atoms with Gasteiger partial charge in [0.15, 0.2) is 0 Å². The number of benzene rings is 15. The number of fused-ring (bicyclic) bond motifs is 2. The van der Waals surface area contributed by atoms with Gasteiger partial charge in [-0.3, -0.25) is 0 Å². The highest BCUT2D eigenvalue weighted by Gasteiger charge is 2.29. The van der Waals surface area contributed by atoms with Crippen molar-refractivity contribution in [3.05, 3.63) is 352 Å². The molecule has 0 atom stereocenters. The van der Waals surface area contributed by atoms with Crippen molar-refractivity contribution in [2.75, 3.05) is 154 Å². The summed E-state index contributed by atoms with van der Waals surface area (Å²) in [6, 6.07) is 74.7. The van der Waals surface area contributed by atoms with Gasteiger partial charge in [0, 0.05) is 175 Å². The van der Waals surface area contributed by atoms with Crippen LogP contribution in [0, 0.1) is 0 Å². The third kappa shape index (κ3) is 23.1. The molecule has 0 saturated heterocycles. The van der Waals surface area contributed by atoms with E-state index in [4.69, 9.17) is 104 Å². The summed E-state index contributed by atoms with van der Waals surface area (Å²) in [5.41, 5.74) is 22.4. The lowest BCUT2D eigenvalue weighted by molar-refractivity contribution is 0.265. The number of hydrogen-bond acceptors (Lipinski definition) is 22. The van der Waals surface area contributed by atoms with E-state index in [0.29, 0.717) is 218 Å². The average molecular weight is 2000 g/mol. The van der Waals surface area contributed by atoms with Gasteiger partial charge in [-0.1, -0.05) is 97.1 Å². The third-order valence-electron chi connectivity index (χ3n) is 28.0. The summed E-state index contributed by atoms with van der Waals surface area (Å²) in [5, 5.41) is 4.60. The molecule has 15 aromatic rings. The van der Waals surface area contributed by atoms with Gasteiger partial charge >= 0.3 is 0 Å². The van der Waals surface area contributed by atoms with Crippen LogP contribution in [0.25, 0.3) is 45.8 Å². The predicted octanol–water partition coefficient (Wildman–Crippen LogP) is 25.5. The van der Waals surface area contributed by atoms with Crippen molar-refractivity contribution >= 4 is 45.8 Å². The van der Waals surface area contributed by atoms with E-state index in [1.54, 1.807) is 128 Å². The molecule has 0 aromatic heterocycles. The summed E-state index contributed by atoms with van der Waals surface area (Å²) < 4.78 is 138. The predicted molar refractivity (Wildman–Crippen MR) is 583 cm³/mol. The van der Waals surface area contributed by atoms with E-state index in [-0.39, 0.29) is 0 Å². The minimum atomic E-state index is 0.418. The molecule has 0 heterocycles. The van der Waals surface area contributed by atoms with Crippen LogP contribution in [0.5, 0.6) is 126 Å². The molecule has 0 radical (unpaired) electrons. The summed E-state index contributed by atoms with van der Waals surface area (Å²) >= 11 is 0. The zero-order valence-electron chi connectivity index (χ0n) is 87.8. The van der Waals surface area contributed by atoms with Gasteiger partial charge in [-0.05, 0) is 215 Å². The van der Waals surface area contributed by atoms with Crippen LogP contribution >= 0.6 is 0 Å². The highest BCUT2D eigenvalue weighted by atomic mass is 16.5. The molecule has 22 heteroatoms. The van der Waals surface area contributed by atoms with Crippen molar-refractivity contribution < 1.29 is 104 Å². The Morgan fingerprint density at radius 1 is 0.155 bits per heavy atom. The van der Waals surface area contributed by atoms with E-state index >= 15 is 0 Å². The first-order valence-electron chi connectivity index (χ1n) is 49.7. The van der Waals surface area contributed by atoms with Crippen LogP contribution in [0.3, 0.4) is 0 Å². The second-order valence-corrected chi connectivity index (χ2v) is 36.6. The molecule has 0 fully saturated rings. The summed E-state index contributed by atoms with van der Waals surface area (Å²) in [5.74, 6) is 15.4. The SMILES string of the molecule is COc1cc2c(OC)cc1Cc1cc(OC)c(cc1OC)Cc1cc(OC)c(cc1OC)Cc1cc(OC)c(cc1OCCCCOc1ccc(C=Cc3c4ccccc4c(C=Cc4ccc(OCCCCOc5cc6c(OC)cc5Cc5cc(OC)c(cc5OC)Cc5cc(OC)c(cc5OC)Cc5cc(OC)c(cc5OC)Cc5cc(OC)c(cc5OC)C6)cc4)c4ccccc34)cc1)Cc1cc(OC)c(cc1OC)C2. The molecule has 35 rings (SSSR count). The van der Waals surface area contributed by atoms with E-state index < -0.39 is 0 Å². The molecule has 0 unspecified atom stereocenters. The molecule has 0 spiro atoms. The van der Waals surface area contributed by atoms with Crippen molar-refractivity contribution in [2.45, 2.75) is 89.9 Å². The molecule has 0 N–H and O–H groups in total. The maximum absolute atomic E-state index is 6.91. The van der Waals surface area contributed by atoms with Crippen molar-refractivity contribution in [2.24, 2.45) is 0 Å². The Bertz CT molecular complexity index is 6840. The molecule has 148 heavy (non-hydrogen) atoms. The van der Waals surface area contributed by atoms with Crippen LogP contribution in [0.4, 0.5) is 0 Å². The van der Waals surface area contributed by atoms with Crippen LogP contribution in [0.15, 0.2) is 218 Å². The maximum atomic E-state index is 6.91. The van der Waals surface area contributed by atoms with Gasteiger partial charge in [-0.25, -0.2) is 0 Å². The van der Waals surface area contributed by atoms with Crippen molar-refractivity contribution in [3.63, 3.8) is 0 Å². The lowest BCUT2D eigenvalue weighted by atomic mass is 9.91. The Morgan fingerprint density at radius 3 is 0.439 bits per heavy atom. The smallest absolute Gasteiger partial charge is 0.123 e. The fourth-order valence-electron chi connectivity index (χ4n) is 20.4. The van der Waals surface area contributed by atoms with Crippen LogP contribution in [-0.4, -0.2) is 154 Å². The molecule has 0 amide bonds. The number of hydrogen-bond donors (Lipinski definition) is 0. The van der Waals surface area contributed by atoms with E-state index in [2.05, 4.69) is 121 Å². The number of ether oxygens (including phenoxy) is 22. The standard InChI is InChI=1S/C126H130O22/c1-127-107-61-83-49-87-65-117(137-11)91(69-115(87)135-9)53-95-75-125(97(73-123(95)143-17)55-93-71-119(139-13)89(67-121(93)141-15)51-85-63-111(131-5)81(59-113(85)133-7)47-79(107)57-109(83)129-3)147-45-25-23-43-145-99-37-31-77(32-38-99)35-41-105-101-27-19-21-29-103(101)106(104-30-22-20-28-102(104)105)42-36-78-33-39-100(40-34-78)146-44-24-26-46-148-126-76-96-54-92-70-116(136-10)88(66-118(92)138-12)50-84-62-108(128-2)80(58-110(84)130-4)48-82-60-114(134-8)86(64-112(82)132-6)52-90-68-122(142-16)94(72-120(90)140-14)56-98(126)74-124(96)144-18/h19-22,27-42,57-76H,23-26,43-56H2,1-18H3. The quantitative estimate of drug-likeness (QED) is 0.0203. The Morgan fingerprint density at radius 2 is 0.291 bits per heavy atom. The molecular formula is C126H130O22. The van der Waals surface area contributed by atoms with Crippen LogP contribution in [0.2, 0.25) is 0 Å². The Labute approximate surface area is 867 Å². The molecule has 766 valence electrons. The van der Waals surface area contributed by atoms with Gasteiger partial charge < -0.3 is 104 Å². The third-order valence-corrected chi connectivity index (χ3v) is 28.0. The van der Waals surface area contributed by atoms with Crippen LogP contribution in [0.1, 0.15) is 159 Å². The zero-order valence-corrected chi connectivity index (χ0v) is 87.8. The van der Waals surface area contributed by atoms with Gasteiger partial charge in [0.1, 0.15) is 126 Å². The fourth-order valence-corrected chi connectivity index (χ4v) is 20.4. The molecule has 0 saturated carbocycles. The van der Waals surface area contributed by atoms with E-state index in [1.807, 2.05) is 121 Å². The Hall–Kier alpha value is -16.1. The second-order valence-electron chi connectivity index (χ2n) is 36.6. The average Bonchev–Trinajstić information content (AvgIpc) is 1.05. The summed E-state index contributed by atoms with van der Waals surface area (Å²) in [7, 11) is 30.3. The molecule has 0 aliphatic heterocycles. The molecular weight excluding hydrogens is 1870 g/mol. The Balaban J connectivity index is 0.553. The van der Waals surface area contributed by atoms with Crippen LogP contribution in [-0.2, 0) is 64.2 Å². The molecule has 22 nitrogen and oxygen atoms in total. The van der Waals surface area contributed by atoms with Gasteiger partial charge in [0.05, 0.1) is 154 Å². The Kier molecular flexibility index (Phi) is 33.7. The molecule has 20 bridgehead atoms. The van der Waals surface area contributed by atoms with Crippen molar-refractivity contribution in [3.8, 4) is 126 Å². The number of rotatable bonds is 36. The van der Waals surface area contributed by atoms with E-state index in [1.165, 1.54) is 0 Å². The first kappa shape index (κ1) is 103. The number of unbranched alkanes of at least 4 members (excludes halogenated alkanes) is 2. The normalized spacial score (nSPS) is 12.3. The largest absolute Gasteiger partial charge is 0.496 e. The van der Waals surface area contributed by atoms with Crippen molar-refractivity contribution in [1.82, 2.24) is 0 Å². The van der Waals surface area contributed by atoms with Gasteiger partial charge in [-0.15, -0.1) is 0 Å². The minimum Gasteiger partial charge on any atom is -0.496 e. The first-order chi connectivity index (χ1) is 72.4. The lowest BCUT2D eigenvalue weighted by Crippen LogP contribution is -2.07. The van der Waals surface area contributed by atoms with Crippen molar-refractivity contribution in [1.29, 1.82) is 0 Å². The van der Waals surface area contributed by atoms with Gasteiger partial charge in [0.25, 0.3) is 0 Å². The summed E-state index contributed by atoms with van der Waals surface area (Å²) in [4.78, 5) is 0. The van der Waals surface area contributed by atoms with E-state index in [9.17, 15) is 0 Å². The highest BCUT2D eigenvalue weighted by Crippen LogP contribution is 2.48. The minimum absolute atomic E-state index is 0.418. The molecule has 20 aliphatic carbocycles. The monoisotopic (exact) mass is 1990 g/mol. The van der Waals surface area contributed by atoms with Crippen LogP contribution < -0.4 is 104 Å². The highest BCUT2D eigenvalue weighted by molar-refractivity contribution is 6.14. The molecule has 15 aromatic carbocycles. The van der Waals surface area contributed by atoms with Gasteiger partial charge in [0.2, 0.25) is 0 Å².